The molecular formula is C16H13N3O4. The number of methoxy groups -OCH3 is 1. The van der Waals surface area contributed by atoms with Crippen molar-refractivity contribution in [3.05, 3.63) is 68.7 Å². The Kier molecular flexibility index (Phi) is 3.68. The Morgan fingerprint density at radius 3 is 2.26 bits per heavy atom. The van der Waals surface area contributed by atoms with Gasteiger partial charge in [-0.3, -0.25) is 14.4 Å². The van der Waals surface area contributed by atoms with Crippen molar-refractivity contribution in [2.24, 2.45) is 0 Å². The lowest BCUT2D eigenvalue weighted by molar-refractivity contribution is 0.102. The summed E-state index contributed by atoms with van der Waals surface area (Å²) in [5.74, 6) is 0.361. The van der Waals surface area contributed by atoms with Crippen LogP contribution in [0.3, 0.4) is 0 Å². The predicted octanol–water partition coefficient (Wildman–Crippen LogP) is 1.48. The molecule has 0 fully saturated rings. The Balaban J connectivity index is 1.89. The van der Waals surface area contributed by atoms with Crippen LogP contribution in [0.5, 0.6) is 5.75 Å². The summed E-state index contributed by atoms with van der Waals surface area (Å²) in [6.07, 6.45) is 0. The van der Waals surface area contributed by atoms with E-state index in [1.54, 1.807) is 43.5 Å². The molecule has 1 aromatic heterocycles. The molecule has 0 unspecified atom stereocenters. The highest BCUT2D eigenvalue weighted by molar-refractivity contribution is 6.05. The summed E-state index contributed by atoms with van der Waals surface area (Å²) >= 11 is 0. The first-order valence-corrected chi connectivity index (χ1v) is 6.78. The van der Waals surface area contributed by atoms with E-state index in [0.29, 0.717) is 28.0 Å². The number of benzene rings is 2. The lowest BCUT2D eigenvalue weighted by Gasteiger charge is -2.07. The number of ether oxygens (including phenoxy) is 1. The van der Waals surface area contributed by atoms with E-state index in [1.165, 1.54) is 6.07 Å². The molecule has 116 valence electrons. The molecule has 1 amide bonds. The molecule has 7 heteroatoms. The van der Waals surface area contributed by atoms with Crippen molar-refractivity contribution < 1.29 is 9.53 Å². The van der Waals surface area contributed by atoms with Gasteiger partial charge in [-0.15, -0.1) is 0 Å². The molecule has 23 heavy (non-hydrogen) atoms. The van der Waals surface area contributed by atoms with Gasteiger partial charge in [0.15, 0.2) is 0 Å². The highest BCUT2D eigenvalue weighted by Gasteiger charge is 2.08. The molecule has 0 bridgehead atoms. The molecule has 3 aromatic rings. The predicted molar refractivity (Wildman–Crippen MR) is 86.1 cm³/mol. The van der Waals surface area contributed by atoms with Gasteiger partial charge in [-0.1, -0.05) is 0 Å². The number of aromatic amines is 2. The second-order valence-electron chi connectivity index (χ2n) is 4.85. The SMILES string of the molecule is COc1ccc(NC(=O)c2ccc3[nH]c(=O)c(=O)[nH]c3c2)cc1. The molecule has 7 nitrogen and oxygen atoms in total. The number of hydrogen-bond donors (Lipinski definition) is 3. The molecule has 1 heterocycles. The topological polar surface area (TPSA) is 104 Å². The fourth-order valence-electron chi connectivity index (χ4n) is 2.13. The second-order valence-corrected chi connectivity index (χ2v) is 4.85. The molecule has 3 N–H and O–H groups in total. The fourth-order valence-corrected chi connectivity index (χ4v) is 2.13. The van der Waals surface area contributed by atoms with Crippen LogP contribution in [0.1, 0.15) is 10.4 Å². The molecule has 2 aromatic carbocycles. The number of nitrogens with one attached hydrogen (secondary N) is 3. The van der Waals surface area contributed by atoms with Gasteiger partial charge in [-0.05, 0) is 42.5 Å². The van der Waals surface area contributed by atoms with Gasteiger partial charge < -0.3 is 20.0 Å². The smallest absolute Gasteiger partial charge is 0.314 e. The maximum absolute atomic E-state index is 12.3. The van der Waals surface area contributed by atoms with Crippen LogP contribution in [-0.2, 0) is 0 Å². The van der Waals surface area contributed by atoms with Crippen LogP contribution in [0, 0.1) is 0 Å². The zero-order valence-corrected chi connectivity index (χ0v) is 12.2. The maximum atomic E-state index is 12.3. The summed E-state index contributed by atoms with van der Waals surface area (Å²) in [5, 5.41) is 2.74. The van der Waals surface area contributed by atoms with E-state index < -0.39 is 11.1 Å². The Hall–Kier alpha value is -3.35. The minimum absolute atomic E-state index is 0.330. The van der Waals surface area contributed by atoms with E-state index in [9.17, 15) is 14.4 Å². The van der Waals surface area contributed by atoms with Crippen LogP contribution in [0.2, 0.25) is 0 Å². The third-order valence-corrected chi connectivity index (χ3v) is 3.33. The summed E-state index contributed by atoms with van der Waals surface area (Å²) in [6, 6.07) is 11.5. The number of carbonyl (C=O) groups excluding carboxylic acids is 1. The van der Waals surface area contributed by atoms with Gasteiger partial charge >= 0.3 is 11.1 Å². The van der Waals surface area contributed by atoms with E-state index in [1.807, 2.05) is 0 Å². The first kappa shape index (κ1) is 14.6. The Morgan fingerprint density at radius 2 is 1.61 bits per heavy atom. The van der Waals surface area contributed by atoms with Crippen LogP contribution in [0.25, 0.3) is 11.0 Å². The summed E-state index contributed by atoms with van der Waals surface area (Å²) in [7, 11) is 1.56. The number of rotatable bonds is 3. The molecule has 0 aliphatic heterocycles. The van der Waals surface area contributed by atoms with Crippen LogP contribution in [-0.4, -0.2) is 23.0 Å². The average Bonchev–Trinajstić information content (AvgIpc) is 2.56. The molecule has 0 saturated heterocycles. The lowest BCUT2D eigenvalue weighted by Crippen LogP contribution is -2.29. The monoisotopic (exact) mass is 311 g/mol. The van der Waals surface area contributed by atoms with Gasteiger partial charge in [-0.25, -0.2) is 0 Å². The van der Waals surface area contributed by atoms with Crippen molar-refractivity contribution >= 4 is 22.6 Å². The highest BCUT2D eigenvalue weighted by Crippen LogP contribution is 2.16. The highest BCUT2D eigenvalue weighted by atomic mass is 16.5. The van der Waals surface area contributed by atoms with Crippen LogP contribution >= 0.6 is 0 Å². The number of H-pyrrole nitrogens is 2. The number of anilines is 1. The molecule has 0 aliphatic carbocycles. The van der Waals surface area contributed by atoms with Gasteiger partial charge in [0.2, 0.25) is 0 Å². The Bertz CT molecular complexity index is 987. The summed E-state index contributed by atoms with van der Waals surface area (Å²) in [4.78, 5) is 39.7. The van der Waals surface area contributed by atoms with Crippen LogP contribution < -0.4 is 21.2 Å². The largest absolute Gasteiger partial charge is 0.497 e. The van der Waals surface area contributed by atoms with Crippen molar-refractivity contribution in [3.8, 4) is 5.75 Å². The zero-order chi connectivity index (χ0) is 16.4. The fraction of sp³-hybridized carbons (Fsp3) is 0.0625. The molecule has 0 radical (unpaired) electrons. The lowest BCUT2D eigenvalue weighted by atomic mass is 10.1. The quantitative estimate of drug-likeness (QED) is 0.637. The number of fused-ring (bicyclic) bond motifs is 1. The zero-order valence-electron chi connectivity index (χ0n) is 12.2. The van der Waals surface area contributed by atoms with E-state index in [-0.39, 0.29) is 5.91 Å². The van der Waals surface area contributed by atoms with Crippen molar-refractivity contribution in [1.82, 2.24) is 9.97 Å². The summed E-state index contributed by atoms with van der Waals surface area (Å²) in [6.45, 7) is 0. The number of amides is 1. The molecule has 0 spiro atoms. The first-order chi connectivity index (χ1) is 11.1. The molecule has 3 rings (SSSR count). The first-order valence-electron chi connectivity index (χ1n) is 6.78. The number of hydrogen-bond acceptors (Lipinski definition) is 4. The van der Waals surface area contributed by atoms with Crippen LogP contribution in [0.4, 0.5) is 5.69 Å². The van der Waals surface area contributed by atoms with Crippen molar-refractivity contribution in [3.63, 3.8) is 0 Å². The van der Waals surface area contributed by atoms with Crippen molar-refractivity contribution in [1.29, 1.82) is 0 Å². The second kappa shape index (κ2) is 5.80. The standard InChI is InChI=1S/C16H13N3O4/c1-23-11-5-3-10(4-6-11)17-14(20)9-2-7-12-13(8-9)19-16(22)15(21)18-12/h2-8H,1H3,(H,17,20)(H,18,21)(H,19,22). The minimum atomic E-state index is -0.759. The van der Waals surface area contributed by atoms with E-state index in [2.05, 4.69) is 15.3 Å². The van der Waals surface area contributed by atoms with E-state index in [4.69, 9.17) is 4.74 Å². The number of aromatic nitrogens is 2. The molecule has 0 saturated carbocycles. The third-order valence-electron chi connectivity index (χ3n) is 3.33. The maximum Gasteiger partial charge on any atom is 0.314 e. The number of carbonyl (C=O) groups is 1. The van der Waals surface area contributed by atoms with Crippen LogP contribution in [0.15, 0.2) is 52.1 Å². The summed E-state index contributed by atoms with van der Waals surface area (Å²) in [5.41, 5.74) is 0.326. The summed E-state index contributed by atoms with van der Waals surface area (Å²) < 4.78 is 5.05. The molecule has 0 atom stereocenters. The Labute approximate surface area is 129 Å². The van der Waals surface area contributed by atoms with Gasteiger partial charge in [0, 0.05) is 11.3 Å². The Morgan fingerprint density at radius 1 is 0.957 bits per heavy atom. The van der Waals surface area contributed by atoms with Gasteiger partial charge in [0.05, 0.1) is 18.1 Å². The third kappa shape index (κ3) is 2.98. The average molecular weight is 311 g/mol. The minimum Gasteiger partial charge on any atom is -0.497 e. The van der Waals surface area contributed by atoms with Crippen molar-refractivity contribution in [2.45, 2.75) is 0 Å². The van der Waals surface area contributed by atoms with E-state index >= 15 is 0 Å². The molecule has 0 aliphatic rings. The van der Waals surface area contributed by atoms with E-state index in [0.717, 1.165) is 0 Å². The molecular weight excluding hydrogens is 298 g/mol. The normalized spacial score (nSPS) is 10.5. The van der Waals surface area contributed by atoms with Crippen molar-refractivity contribution in [2.75, 3.05) is 12.4 Å². The van der Waals surface area contributed by atoms with Gasteiger partial charge in [-0.2, -0.15) is 0 Å². The van der Waals surface area contributed by atoms with Gasteiger partial charge in [0.25, 0.3) is 5.91 Å². The van der Waals surface area contributed by atoms with Gasteiger partial charge in [0.1, 0.15) is 5.75 Å².